The van der Waals surface area contributed by atoms with Gasteiger partial charge in [-0.1, -0.05) is 168 Å². The summed E-state index contributed by atoms with van der Waals surface area (Å²) in [5.74, 6) is 1.69. The lowest BCUT2D eigenvalue weighted by Crippen LogP contribution is -2.34. The third-order valence-corrected chi connectivity index (χ3v) is 8.67. The summed E-state index contributed by atoms with van der Waals surface area (Å²) < 4.78 is 0. The quantitative estimate of drug-likeness (QED) is 0.0738. The normalized spacial score (nSPS) is 15.9. The number of amidine groups is 1. The monoisotopic (exact) mass is 533 g/mol. The van der Waals surface area contributed by atoms with Gasteiger partial charge in [-0.3, -0.25) is 4.99 Å². The SMILES string of the molecule is CCCCCCCCCCCCCCCCC1CN=C(C(CCC=O)CCCCCCCCCCCC)N1. The summed E-state index contributed by atoms with van der Waals surface area (Å²) in [4.78, 5) is 15.9. The minimum absolute atomic E-state index is 0.468. The molecule has 0 aromatic heterocycles. The molecule has 0 radical (unpaired) electrons. The summed E-state index contributed by atoms with van der Waals surface area (Å²) in [5, 5.41) is 3.77. The largest absolute Gasteiger partial charge is 0.369 e. The molecule has 0 bridgehead atoms. The molecule has 0 aliphatic carbocycles. The van der Waals surface area contributed by atoms with Gasteiger partial charge in [-0.05, 0) is 19.3 Å². The summed E-state index contributed by atoms with van der Waals surface area (Å²) in [6.45, 7) is 5.53. The summed E-state index contributed by atoms with van der Waals surface area (Å²) >= 11 is 0. The summed E-state index contributed by atoms with van der Waals surface area (Å²) in [5.41, 5.74) is 0. The Bertz CT molecular complexity index is 532. The van der Waals surface area contributed by atoms with E-state index in [0.717, 1.165) is 19.3 Å². The average molecular weight is 533 g/mol. The fourth-order valence-corrected chi connectivity index (χ4v) is 6.07. The first-order valence-corrected chi connectivity index (χ1v) is 17.6. The molecular formula is C35H68N2O. The zero-order valence-electron chi connectivity index (χ0n) is 26.1. The van der Waals surface area contributed by atoms with Crippen molar-refractivity contribution in [1.82, 2.24) is 5.32 Å². The van der Waals surface area contributed by atoms with Crippen molar-refractivity contribution >= 4 is 12.1 Å². The van der Waals surface area contributed by atoms with E-state index in [1.807, 2.05) is 0 Å². The van der Waals surface area contributed by atoms with Gasteiger partial charge in [0.15, 0.2) is 0 Å². The van der Waals surface area contributed by atoms with E-state index in [1.54, 1.807) is 0 Å². The Morgan fingerprint density at radius 1 is 0.632 bits per heavy atom. The van der Waals surface area contributed by atoms with Crippen LogP contribution < -0.4 is 5.32 Å². The van der Waals surface area contributed by atoms with E-state index in [-0.39, 0.29) is 0 Å². The van der Waals surface area contributed by atoms with Gasteiger partial charge in [0.2, 0.25) is 0 Å². The molecule has 1 rings (SSSR count). The smallest absolute Gasteiger partial charge is 0.120 e. The van der Waals surface area contributed by atoms with Crippen molar-refractivity contribution in [3.05, 3.63) is 0 Å². The fraction of sp³-hybridized carbons (Fsp3) is 0.943. The van der Waals surface area contributed by atoms with Crippen LogP contribution in [0.25, 0.3) is 0 Å². The lowest BCUT2D eigenvalue weighted by molar-refractivity contribution is -0.108. The molecule has 0 fully saturated rings. The maximum absolute atomic E-state index is 11.0. The molecule has 2 unspecified atom stereocenters. The Kier molecular flexibility index (Phi) is 25.6. The molecule has 1 aliphatic heterocycles. The Hall–Kier alpha value is -0.860. The zero-order valence-corrected chi connectivity index (χ0v) is 26.1. The zero-order chi connectivity index (χ0) is 27.4. The number of carbonyl (C=O) groups is 1. The number of nitrogens with zero attached hydrogens (tertiary/aromatic N) is 1. The van der Waals surface area contributed by atoms with E-state index < -0.39 is 0 Å². The van der Waals surface area contributed by atoms with Gasteiger partial charge in [-0.2, -0.15) is 0 Å². The van der Waals surface area contributed by atoms with Gasteiger partial charge >= 0.3 is 0 Å². The first-order chi connectivity index (χ1) is 18.8. The third kappa shape index (κ3) is 21.0. The summed E-state index contributed by atoms with van der Waals surface area (Å²) in [7, 11) is 0. The lowest BCUT2D eigenvalue weighted by atomic mass is 9.94. The lowest BCUT2D eigenvalue weighted by Gasteiger charge is -2.19. The number of unbranched alkanes of at least 4 members (excludes halogenated alkanes) is 22. The highest BCUT2D eigenvalue weighted by atomic mass is 16.1. The maximum Gasteiger partial charge on any atom is 0.120 e. The first kappa shape index (κ1) is 35.2. The van der Waals surface area contributed by atoms with Crippen LogP contribution in [0.4, 0.5) is 0 Å². The van der Waals surface area contributed by atoms with E-state index in [1.165, 1.54) is 173 Å². The van der Waals surface area contributed by atoms with Crippen molar-refractivity contribution in [3.8, 4) is 0 Å². The van der Waals surface area contributed by atoms with Crippen LogP contribution in [0.1, 0.15) is 194 Å². The standard InChI is InChI=1S/C35H68N2O/c1-3-5-7-9-11-13-15-16-17-18-20-22-24-26-30-34-32-36-35(37-34)33(29-27-31-38)28-25-23-21-19-14-12-10-8-6-4-2/h31,33-34H,3-30,32H2,1-2H3,(H,36,37). The van der Waals surface area contributed by atoms with Gasteiger partial charge in [0.1, 0.15) is 6.29 Å². The van der Waals surface area contributed by atoms with Crippen molar-refractivity contribution in [2.24, 2.45) is 10.9 Å². The molecule has 0 aromatic rings. The van der Waals surface area contributed by atoms with Gasteiger partial charge < -0.3 is 10.1 Å². The number of hydrogen-bond donors (Lipinski definition) is 1. The van der Waals surface area contributed by atoms with Crippen LogP contribution in [0.15, 0.2) is 4.99 Å². The number of rotatable bonds is 30. The molecule has 38 heavy (non-hydrogen) atoms. The fourth-order valence-electron chi connectivity index (χ4n) is 6.07. The molecule has 3 heteroatoms. The number of nitrogens with one attached hydrogen (secondary N) is 1. The number of carbonyl (C=O) groups excluding carboxylic acids is 1. The Morgan fingerprint density at radius 2 is 1.05 bits per heavy atom. The predicted octanol–water partition coefficient (Wildman–Crippen LogP) is 11.1. The van der Waals surface area contributed by atoms with E-state index in [9.17, 15) is 4.79 Å². The van der Waals surface area contributed by atoms with Crippen LogP contribution >= 0.6 is 0 Å². The molecule has 1 N–H and O–H groups in total. The van der Waals surface area contributed by atoms with Crippen LogP contribution in [0.5, 0.6) is 0 Å². The molecule has 0 saturated heterocycles. The number of hydrogen-bond acceptors (Lipinski definition) is 3. The van der Waals surface area contributed by atoms with Gasteiger partial charge in [0, 0.05) is 18.4 Å². The van der Waals surface area contributed by atoms with Crippen molar-refractivity contribution < 1.29 is 4.79 Å². The second-order valence-corrected chi connectivity index (χ2v) is 12.4. The van der Waals surface area contributed by atoms with Crippen LogP contribution in [0, 0.1) is 5.92 Å². The van der Waals surface area contributed by atoms with Crippen LogP contribution in [-0.4, -0.2) is 24.7 Å². The Morgan fingerprint density at radius 3 is 1.50 bits per heavy atom. The average Bonchev–Trinajstić information content (AvgIpc) is 3.40. The van der Waals surface area contributed by atoms with E-state index in [0.29, 0.717) is 18.4 Å². The van der Waals surface area contributed by atoms with Crippen LogP contribution in [-0.2, 0) is 4.79 Å². The van der Waals surface area contributed by atoms with E-state index in [4.69, 9.17) is 4.99 Å². The molecule has 0 spiro atoms. The van der Waals surface area contributed by atoms with Crippen molar-refractivity contribution in [1.29, 1.82) is 0 Å². The Labute approximate surface area is 239 Å². The highest BCUT2D eigenvalue weighted by Gasteiger charge is 2.23. The van der Waals surface area contributed by atoms with Gasteiger partial charge in [-0.15, -0.1) is 0 Å². The van der Waals surface area contributed by atoms with E-state index >= 15 is 0 Å². The van der Waals surface area contributed by atoms with Crippen molar-refractivity contribution in [2.75, 3.05) is 6.54 Å². The molecule has 224 valence electrons. The molecule has 0 amide bonds. The van der Waals surface area contributed by atoms with Crippen LogP contribution in [0.2, 0.25) is 0 Å². The van der Waals surface area contributed by atoms with Crippen molar-refractivity contribution in [3.63, 3.8) is 0 Å². The maximum atomic E-state index is 11.0. The van der Waals surface area contributed by atoms with Gasteiger partial charge in [-0.25, -0.2) is 0 Å². The van der Waals surface area contributed by atoms with Crippen LogP contribution in [0.3, 0.4) is 0 Å². The second kappa shape index (κ2) is 27.7. The topological polar surface area (TPSA) is 41.5 Å². The van der Waals surface area contributed by atoms with Gasteiger partial charge in [0.05, 0.1) is 12.4 Å². The highest BCUT2D eigenvalue weighted by Crippen LogP contribution is 2.21. The Balaban J connectivity index is 2.01. The molecule has 0 saturated carbocycles. The number of aliphatic imine (C=N–C) groups is 1. The highest BCUT2D eigenvalue weighted by molar-refractivity contribution is 5.86. The van der Waals surface area contributed by atoms with E-state index in [2.05, 4.69) is 19.2 Å². The minimum atomic E-state index is 0.468. The molecular weight excluding hydrogens is 464 g/mol. The third-order valence-electron chi connectivity index (χ3n) is 8.67. The first-order valence-electron chi connectivity index (χ1n) is 17.6. The molecule has 3 nitrogen and oxygen atoms in total. The second-order valence-electron chi connectivity index (χ2n) is 12.4. The molecule has 1 heterocycles. The van der Waals surface area contributed by atoms with Gasteiger partial charge in [0.25, 0.3) is 0 Å². The molecule has 0 aromatic carbocycles. The number of aldehydes is 1. The summed E-state index contributed by atoms with van der Waals surface area (Å²) in [6.07, 6.45) is 38.9. The summed E-state index contributed by atoms with van der Waals surface area (Å²) in [6, 6.07) is 0.536. The minimum Gasteiger partial charge on any atom is -0.369 e. The molecule has 2 atom stereocenters. The molecule has 1 aliphatic rings. The predicted molar refractivity (Wildman–Crippen MR) is 169 cm³/mol. The van der Waals surface area contributed by atoms with Crippen molar-refractivity contribution in [2.45, 2.75) is 200 Å².